The van der Waals surface area contributed by atoms with E-state index in [9.17, 15) is 14.6 Å². The van der Waals surface area contributed by atoms with Crippen molar-refractivity contribution in [1.29, 1.82) is 0 Å². The van der Waals surface area contributed by atoms with Crippen molar-refractivity contribution in [1.82, 2.24) is 10.6 Å². The molecule has 0 spiro atoms. The van der Waals surface area contributed by atoms with Crippen molar-refractivity contribution in [2.45, 2.75) is 13.5 Å². The molecule has 0 unspecified atom stereocenters. The third-order valence-electron chi connectivity index (χ3n) is 4.05. The van der Waals surface area contributed by atoms with E-state index < -0.39 is 7.12 Å². The van der Waals surface area contributed by atoms with Gasteiger partial charge < -0.3 is 20.3 Å². The first-order valence-electron chi connectivity index (χ1n) is 8.10. The second-order valence-electron chi connectivity index (χ2n) is 5.90. The van der Waals surface area contributed by atoms with E-state index in [4.69, 9.17) is 4.65 Å². The summed E-state index contributed by atoms with van der Waals surface area (Å²) < 4.78 is 5.21. The second-order valence-corrected chi connectivity index (χ2v) is 5.90. The topological polar surface area (TPSA) is 87.7 Å². The van der Waals surface area contributed by atoms with Crippen molar-refractivity contribution in [2.24, 2.45) is 0 Å². The van der Waals surface area contributed by atoms with Gasteiger partial charge >= 0.3 is 7.12 Å². The smallest absolute Gasteiger partial charge is 0.423 e. The van der Waals surface area contributed by atoms with Crippen LogP contribution in [0.5, 0.6) is 0 Å². The average Bonchev–Trinajstić information content (AvgIpc) is 2.99. The molecule has 0 atom stereocenters. The summed E-state index contributed by atoms with van der Waals surface area (Å²) in [5.74, 6) is -0.323. The molecule has 128 valence electrons. The number of carbonyl (C=O) groups excluding carboxylic acids is 2. The molecule has 6 nitrogen and oxygen atoms in total. The van der Waals surface area contributed by atoms with Gasteiger partial charge in [-0.2, -0.15) is 0 Å². The van der Waals surface area contributed by atoms with Gasteiger partial charge in [0.2, 0.25) is 5.91 Å². The Morgan fingerprint density at radius 1 is 1.12 bits per heavy atom. The monoisotopic (exact) mass is 338 g/mol. The fraction of sp³-hybridized carbons (Fsp3) is 0.222. The van der Waals surface area contributed by atoms with Crippen LogP contribution in [0.15, 0.2) is 42.5 Å². The van der Waals surface area contributed by atoms with Crippen LogP contribution < -0.4 is 16.1 Å². The van der Waals surface area contributed by atoms with Crippen LogP contribution in [0.25, 0.3) is 11.1 Å². The van der Waals surface area contributed by atoms with Gasteiger partial charge in [0.25, 0.3) is 5.91 Å². The normalized spacial score (nSPS) is 12.6. The maximum Gasteiger partial charge on any atom is 0.491 e. The van der Waals surface area contributed by atoms with Gasteiger partial charge in [-0.15, -0.1) is 0 Å². The molecular formula is C18H19BN2O4. The van der Waals surface area contributed by atoms with Gasteiger partial charge in [-0.25, -0.2) is 0 Å². The largest absolute Gasteiger partial charge is 0.491 e. The van der Waals surface area contributed by atoms with Gasteiger partial charge in [-0.3, -0.25) is 9.59 Å². The fourth-order valence-corrected chi connectivity index (χ4v) is 2.75. The number of nitrogens with one attached hydrogen (secondary N) is 2. The third kappa shape index (κ3) is 4.07. The Kier molecular flexibility index (Phi) is 5.16. The molecule has 7 heteroatoms. The van der Waals surface area contributed by atoms with Gasteiger partial charge in [0.05, 0.1) is 6.61 Å². The van der Waals surface area contributed by atoms with Crippen LogP contribution in [0.1, 0.15) is 22.8 Å². The van der Waals surface area contributed by atoms with Gasteiger partial charge in [0.1, 0.15) is 0 Å². The van der Waals surface area contributed by atoms with Gasteiger partial charge in [0, 0.05) is 25.6 Å². The number of amides is 2. The Morgan fingerprint density at radius 3 is 2.68 bits per heavy atom. The summed E-state index contributed by atoms with van der Waals surface area (Å²) in [6.45, 7) is 2.60. The summed E-state index contributed by atoms with van der Waals surface area (Å²) in [6, 6.07) is 13.0. The molecule has 0 radical (unpaired) electrons. The molecule has 0 fully saturated rings. The van der Waals surface area contributed by atoms with E-state index in [1.807, 2.05) is 30.3 Å². The number of fused-ring (bicyclic) bond motifs is 1. The lowest BCUT2D eigenvalue weighted by Gasteiger charge is -2.09. The molecular weight excluding hydrogens is 319 g/mol. The quantitative estimate of drug-likeness (QED) is 0.545. The maximum atomic E-state index is 12.2. The number of hydrogen-bond donors (Lipinski definition) is 3. The minimum atomic E-state index is -0.893. The molecule has 3 rings (SSSR count). The molecule has 25 heavy (non-hydrogen) atoms. The van der Waals surface area contributed by atoms with Crippen molar-refractivity contribution in [3.8, 4) is 11.1 Å². The number of carbonyl (C=O) groups is 2. The molecule has 0 bridgehead atoms. The highest BCUT2D eigenvalue weighted by molar-refractivity contribution is 6.61. The summed E-state index contributed by atoms with van der Waals surface area (Å²) in [7, 11) is -0.893. The van der Waals surface area contributed by atoms with Crippen molar-refractivity contribution in [3.63, 3.8) is 0 Å². The van der Waals surface area contributed by atoms with Crippen LogP contribution in [0.4, 0.5) is 0 Å². The number of rotatable bonds is 5. The Balaban J connectivity index is 1.72. The molecule has 1 aliphatic heterocycles. The fourth-order valence-electron chi connectivity index (χ4n) is 2.75. The standard InChI is InChI=1S/C18H19BN2O4/c1-12(22)20-7-8-21-18(23)15-4-2-3-13(9-15)14-5-6-16-11-25-19(24)17(16)10-14/h2-6,9-10,24H,7-8,11H2,1H3,(H,20,22)(H,21,23). The molecule has 0 saturated carbocycles. The molecule has 2 aromatic rings. The van der Waals surface area contributed by atoms with E-state index in [-0.39, 0.29) is 11.8 Å². The second kappa shape index (κ2) is 7.50. The lowest BCUT2D eigenvalue weighted by Crippen LogP contribution is -2.33. The van der Waals surface area contributed by atoms with Crippen LogP contribution in [0.2, 0.25) is 0 Å². The van der Waals surface area contributed by atoms with E-state index in [0.29, 0.717) is 25.3 Å². The van der Waals surface area contributed by atoms with E-state index in [0.717, 1.165) is 22.2 Å². The van der Waals surface area contributed by atoms with E-state index in [2.05, 4.69) is 10.6 Å². The maximum absolute atomic E-state index is 12.2. The number of hydrogen-bond acceptors (Lipinski definition) is 4. The summed E-state index contributed by atoms with van der Waals surface area (Å²) >= 11 is 0. The van der Waals surface area contributed by atoms with Gasteiger partial charge in [0.15, 0.2) is 0 Å². The molecule has 0 aliphatic carbocycles. The zero-order valence-corrected chi connectivity index (χ0v) is 13.9. The van der Waals surface area contributed by atoms with Crippen LogP contribution in [-0.4, -0.2) is 37.0 Å². The van der Waals surface area contributed by atoms with Gasteiger partial charge in [-0.1, -0.05) is 30.3 Å². The van der Waals surface area contributed by atoms with Crippen LogP contribution in [0, 0.1) is 0 Å². The predicted molar refractivity (Wildman–Crippen MR) is 95.3 cm³/mol. The molecule has 0 aromatic heterocycles. The SMILES string of the molecule is CC(=O)NCCNC(=O)c1cccc(-c2ccc3c(c2)B(O)OC3)c1. The Morgan fingerprint density at radius 2 is 1.88 bits per heavy atom. The summed E-state index contributed by atoms with van der Waals surface area (Å²) in [6.07, 6.45) is 0. The Bertz CT molecular complexity index is 809. The van der Waals surface area contributed by atoms with Crippen molar-refractivity contribution >= 4 is 24.4 Å². The third-order valence-corrected chi connectivity index (χ3v) is 4.05. The summed E-state index contributed by atoms with van der Waals surface area (Å²) in [4.78, 5) is 23.0. The first-order valence-corrected chi connectivity index (χ1v) is 8.10. The lowest BCUT2D eigenvalue weighted by atomic mass is 9.78. The first-order chi connectivity index (χ1) is 12.0. The molecule has 1 heterocycles. The van der Waals surface area contributed by atoms with Crippen LogP contribution >= 0.6 is 0 Å². The predicted octanol–water partition coefficient (Wildman–Crippen LogP) is 0.437. The average molecular weight is 338 g/mol. The lowest BCUT2D eigenvalue weighted by molar-refractivity contribution is -0.118. The van der Waals surface area contributed by atoms with Crippen LogP contribution in [-0.2, 0) is 16.1 Å². The summed E-state index contributed by atoms with van der Waals surface area (Å²) in [5.41, 5.74) is 4.08. The van der Waals surface area contributed by atoms with E-state index in [1.54, 1.807) is 12.1 Å². The first kappa shape index (κ1) is 17.2. The van der Waals surface area contributed by atoms with Crippen molar-refractivity contribution < 1.29 is 19.3 Å². The van der Waals surface area contributed by atoms with E-state index in [1.165, 1.54) is 6.92 Å². The number of benzene rings is 2. The minimum absolute atomic E-state index is 0.126. The molecule has 0 saturated heterocycles. The highest BCUT2D eigenvalue weighted by atomic mass is 16.5. The zero-order chi connectivity index (χ0) is 17.8. The van der Waals surface area contributed by atoms with E-state index >= 15 is 0 Å². The Hall–Kier alpha value is -2.64. The molecule has 3 N–H and O–H groups in total. The zero-order valence-electron chi connectivity index (χ0n) is 13.9. The molecule has 1 aliphatic rings. The summed E-state index contributed by atoms with van der Waals surface area (Å²) in [5, 5.41) is 15.2. The molecule has 2 amide bonds. The van der Waals surface area contributed by atoms with Crippen molar-refractivity contribution in [2.75, 3.05) is 13.1 Å². The van der Waals surface area contributed by atoms with Crippen LogP contribution in [0.3, 0.4) is 0 Å². The van der Waals surface area contributed by atoms with Gasteiger partial charge in [-0.05, 0) is 34.3 Å². The minimum Gasteiger partial charge on any atom is -0.423 e. The molecule has 2 aromatic carbocycles. The van der Waals surface area contributed by atoms with Crippen molar-refractivity contribution in [3.05, 3.63) is 53.6 Å². The highest BCUT2D eigenvalue weighted by Gasteiger charge is 2.27. The Labute approximate surface area is 146 Å². The highest BCUT2D eigenvalue weighted by Crippen LogP contribution is 2.22.